The van der Waals surface area contributed by atoms with Gasteiger partial charge in [0, 0.05) is 45.4 Å². The molecule has 0 spiro atoms. The van der Waals surface area contributed by atoms with Crippen molar-refractivity contribution >= 4 is 11.8 Å². The maximum Gasteiger partial charge on any atom is 0.223 e. The fourth-order valence-electron chi connectivity index (χ4n) is 5.33. The van der Waals surface area contributed by atoms with E-state index in [-0.39, 0.29) is 42.4 Å². The fraction of sp³-hybridized carbons (Fsp3) is 0.619. The van der Waals surface area contributed by atoms with E-state index in [0.29, 0.717) is 18.5 Å². The smallest absolute Gasteiger partial charge is 0.223 e. The Labute approximate surface area is 160 Å². The van der Waals surface area contributed by atoms with Crippen molar-refractivity contribution in [2.75, 3.05) is 33.7 Å². The van der Waals surface area contributed by atoms with Gasteiger partial charge in [-0.3, -0.25) is 14.5 Å². The number of carbonyl (C=O) groups is 2. The highest BCUT2D eigenvalue weighted by Gasteiger charge is 2.54. The molecule has 6 nitrogen and oxygen atoms in total. The highest BCUT2D eigenvalue weighted by atomic mass is 16.3. The number of benzene rings is 1. The zero-order chi connectivity index (χ0) is 19.1. The van der Waals surface area contributed by atoms with Gasteiger partial charge in [0.05, 0.1) is 6.04 Å². The Morgan fingerprint density at radius 1 is 1.15 bits per heavy atom. The molecular formula is C21H29N3O3. The van der Waals surface area contributed by atoms with Crippen LogP contribution in [-0.2, 0) is 9.59 Å². The maximum atomic E-state index is 13.0. The van der Waals surface area contributed by atoms with Crippen LogP contribution in [0.25, 0.3) is 0 Å². The number of phenols is 1. The van der Waals surface area contributed by atoms with Crippen LogP contribution in [-0.4, -0.2) is 77.4 Å². The van der Waals surface area contributed by atoms with Crippen molar-refractivity contribution in [2.24, 2.45) is 5.92 Å². The van der Waals surface area contributed by atoms with E-state index in [9.17, 15) is 14.7 Å². The molecule has 0 radical (unpaired) electrons. The van der Waals surface area contributed by atoms with E-state index >= 15 is 0 Å². The minimum Gasteiger partial charge on any atom is -0.508 e. The summed E-state index contributed by atoms with van der Waals surface area (Å²) in [4.78, 5) is 31.1. The molecule has 4 heterocycles. The van der Waals surface area contributed by atoms with Gasteiger partial charge >= 0.3 is 0 Å². The fourth-order valence-corrected chi connectivity index (χ4v) is 5.33. The molecule has 146 valence electrons. The molecule has 2 amide bonds. The molecular weight excluding hydrogens is 342 g/mol. The second-order valence-electron chi connectivity index (χ2n) is 8.39. The number of hydrogen-bond acceptors (Lipinski definition) is 4. The molecule has 1 aromatic carbocycles. The number of likely N-dealkylation sites (tertiary alicyclic amines) is 1. The number of amides is 2. The molecule has 6 heteroatoms. The Morgan fingerprint density at radius 3 is 2.56 bits per heavy atom. The van der Waals surface area contributed by atoms with Gasteiger partial charge in [-0.1, -0.05) is 12.1 Å². The quantitative estimate of drug-likeness (QED) is 0.874. The molecule has 4 aliphatic heterocycles. The SMILES string of the molecule is CN(C)C(=O)CCC(=O)N1C[C@@H](c2cccc(O)c2)[C@@H]2[C@H]1C1CCN2CC1. The summed E-state index contributed by atoms with van der Waals surface area (Å²) < 4.78 is 0. The number of rotatable bonds is 4. The zero-order valence-electron chi connectivity index (χ0n) is 16.2. The molecule has 27 heavy (non-hydrogen) atoms. The van der Waals surface area contributed by atoms with Crippen LogP contribution in [0.1, 0.15) is 37.2 Å². The Hall–Kier alpha value is -2.08. The van der Waals surface area contributed by atoms with Crippen LogP contribution in [0.5, 0.6) is 5.75 Å². The molecule has 0 saturated carbocycles. The summed E-state index contributed by atoms with van der Waals surface area (Å²) in [6, 6.07) is 8.05. The molecule has 5 rings (SSSR count). The van der Waals surface area contributed by atoms with Crippen molar-refractivity contribution in [3.63, 3.8) is 0 Å². The predicted molar refractivity (Wildman–Crippen MR) is 102 cm³/mol. The average Bonchev–Trinajstić information content (AvgIpc) is 3.09. The lowest BCUT2D eigenvalue weighted by atomic mass is 9.75. The van der Waals surface area contributed by atoms with E-state index in [0.717, 1.165) is 31.5 Å². The van der Waals surface area contributed by atoms with Gasteiger partial charge < -0.3 is 14.9 Å². The molecule has 4 saturated heterocycles. The minimum atomic E-state index is -0.00227. The molecule has 4 aliphatic rings. The van der Waals surface area contributed by atoms with Gasteiger partial charge in [0.2, 0.25) is 11.8 Å². The lowest BCUT2D eigenvalue weighted by Crippen LogP contribution is -2.60. The van der Waals surface area contributed by atoms with Gasteiger partial charge in [-0.15, -0.1) is 0 Å². The number of nitrogens with zero attached hydrogens (tertiary/aromatic N) is 3. The van der Waals surface area contributed by atoms with Crippen LogP contribution in [0.2, 0.25) is 0 Å². The van der Waals surface area contributed by atoms with Crippen molar-refractivity contribution in [2.45, 2.75) is 43.7 Å². The average molecular weight is 371 g/mol. The number of phenolic OH excluding ortho intramolecular Hbond substituents is 1. The molecule has 0 aliphatic carbocycles. The largest absolute Gasteiger partial charge is 0.508 e. The lowest BCUT2D eigenvalue weighted by molar-refractivity contribution is -0.139. The van der Waals surface area contributed by atoms with Crippen LogP contribution in [0.15, 0.2) is 24.3 Å². The second kappa shape index (κ2) is 7.15. The molecule has 0 aromatic heterocycles. The van der Waals surface area contributed by atoms with Crippen LogP contribution in [0.4, 0.5) is 0 Å². The molecule has 2 bridgehead atoms. The number of hydrogen-bond donors (Lipinski definition) is 1. The van der Waals surface area contributed by atoms with Crippen molar-refractivity contribution in [3.8, 4) is 5.75 Å². The summed E-state index contributed by atoms with van der Waals surface area (Å²) in [5.74, 6) is 1.14. The topological polar surface area (TPSA) is 64.1 Å². The van der Waals surface area contributed by atoms with E-state index in [1.165, 1.54) is 0 Å². The van der Waals surface area contributed by atoms with Crippen LogP contribution in [0, 0.1) is 5.92 Å². The minimum absolute atomic E-state index is 0.00227. The Morgan fingerprint density at radius 2 is 1.89 bits per heavy atom. The van der Waals surface area contributed by atoms with Gasteiger partial charge in [-0.2, -0.15) is 0 Å². The summed E-state index contributed by atoms with van der Waals surface area (Å²) in [6.45, 7) is 2.88. The first-order chi connectivity index (χ1) is 13.0. The standard InChI is InChI=1S/C21H29N3O3/c1-22(2)18(26)6-7-19(27)24-13-17(15-4-3-5-16(25)12-15)21-20(24)14-8-10-23(21)11-9-14/h3-5,12,14,17,20-21,25H,6-11,13H2,1-2H3/t17-,20+,21+/m0/s1. The van der Waals surface area contributed by atoms with Crippen LogP contribution < -0.4 is 0 Å². The van der Waals surface area contributed by atoms with Gasteiger partial charge in [0.15, 0.2) is 0 Å². The summed E-state index contributed by atoms with van der Waals surface area (Å²) >= 11 is 0. The third-order valence-electron chi connectivity index (χ3n) is 6.66. The Kier molecular flexibility index (Phi) is 4.84. The monoisotopic (exact) mass is 371 g/mol. The van der Waals surface area contributed by atoms with E-state index < -0.39 is 0 Å². The van der Waals surface area contributed by atoms with Crippen molar-refractivity contribution < 1.29 is 14.7 Å². The van der Waals surface area contributed by atoms with Gasteiger partial charge in [0.1, 0.15) is 5.75 Å². The van der Waals surface area contributed by atoms with Crippen molar-refractivity contribution in [1.29, 1.82) is 0 Å². The highest BCUT2D eigenvalue weighted by Crippen LogP contribution is 2.47. The summed E-state index contributed by atoms with van der Waals surface area (Å²) in [5.41, 5.74) is 1.11. The first-order valence-corrected chi connectivity index (χ1v) is 9.98. The molecule has 1 N–H and O–H groups in total. The Bertz CT molecular complexity index is 727. The predicted octanol–water partition coefficient (Wildman–Crippen LogP) is 1.65. The van der Waals surface area contributed by atoms with Gasteiger partial charge in [-0.25, -0.2) is 0 Å². The normalized spacial score (nSPS) is 31.6. The van der Waals surface area contributed by atoms with Crippen molar-refractivity contribution in [1.82, 2.24) is 14.7 Å². The summed E-state index contributed by atoms with van der Waals surface area (Å²) in [7, 11) is 3.45. The molecule has 0 unspecified atom stereocenters. The summed E-state index contributed by atoms with van der Waals surface area (Å²) in [6.07, 6.45) is 2.84. The third-order valence-corrected chi connectivity index (χ3v) is 6.66. The van der Waals surface area contributed by atoms with Crippen molar-refractivity contribution in [3.05, 3.63) is 29.8 Å². The number of fused-ring (bicyclic) bond motifs is 2. The third kappa shape index (κ3) is 3.31. The summed E-state index contributed by atoms with van der Waals surface area (Å²) in [5, 5.41) is 9.94. The first-order valence-electron chi connectivity index (χ1n) is 9.98. The Balaban J connectivity index is 1.57. The van der Waals surface area contributed by atoms with E-state index in [1.807, 2.05) is 12.1 Å². The van der Waals surface area contributed by atoms with Gasteiger partial charge in [0.25, 0.3) is 0 Å². The molecule has 3 atom stereocenters. The zero-order valence-corrected chi connectivity index (χ0v) is 16.2. The highest BCUT2D eigenvalue weighted by molar-refractivity contribution is 5.84. The number of carbonyl (C=O) groups excluding carboxylic acids is 2. The van der Waals surface area contributed by atoms with E-state index in [2.05, 4.69) is 15.9 Å². The maximum absolute atomic E-state index is 13.0. The number of aromatic hydroxyl groups is 1. The number of piperidine rings is 3. The lowest BCUT2D eigenvalue weighted by Gasteiger charge is -2.51. The molecule has 4 fully saturated rings. The van der Waals surface area contributed by atoms with Crippen LogP contribution >= 0.6 is 0 Å². The van der Waals surface area contributed by atoms with Crippen LogP contribution in [0.3, 0.4) is 0 Å². The molecule has 1 aromatic rings. The van der Waals surface area contributed by atoms with Gasteiger partial charge in [-0.05, 0) is 49.5 Å². The first kappa shape index (κ1) is 18.3. The second-order valence-corrected chi connectivity index (χ2v) is 8.39. The van der Waals surface area contributed by atoms with E-state index in [4.69, 9.17) is 0 Å². The van der Waals surface area contributed by atoms with E-state index in [1.54, 1.807) is 25.1 Å².